The van der Waals surface area contributed by atoms with Crippen molar-refractivity contribution >= 4 is 11.4 Å². The zero-order valence-corrected chi connectivity index (χ0v) is 8.12. The van der Waals surface area contributed by atoms with Gasteiger partial charge in [0.15, 0.2) is 0 Å². The van der Waals surface area contributed by atoms with Crippen molar-refractivity contribution in [2.45, 2.75) is 13.8 Å². The van der Waals surface area contributed by atoms with Crippen LogP contribution in [0.25, 0.3) is 0 Å². The van der Waals surface area contributed by atoms with Gasteiger partial charge in [0.2, 0.25) is 0 Å². The van der Waals surface area contributed by atoms with Gasteiger partial charge in [0.1, 0.15) is 11.4 Å². The van der Waals surface area contributed by atoms with Crippen molar-refractivity contribution in [1.29, 1.82) is 0 Å². The molecule has 0 amide bonds. The zero-order valence-electron chi connectivity index (χ0n) is 8.12. The molecule has 0 saturated heterocycles. The summed E-state index contributed by atoms with van der Waals surface area (Å²) in [5, 5.41) is 21.6. The molecular weight excluding hydrogens is 182 g/mol. The van der Waals surface area contributed by atoms with Crippen molar-refractivity contribution in [1.82, 2.24) is 4.98 Å². The molecule has 76 valence electrons. The molecule has 0 spiro atoms. The second-order valence-electron chi connectivity index (χ2n) is 2.40. The van der Waals surface area contributed by atoms with E-state index < -0.39 is 0 Å². The third kappa shape index (κ3) is 5.70. The fourth-order valence-corrected chi connectivity index (χ4v) is 0.457. The molecule has 0 aliphatic carbocycles. The minimum absolute atomic E-state index is 0.313. The summed E-state index contributed by atoms with van der Waals surface area (Å²) >= 11 is 0. The number of aromatic nitrogens is 1. The van der Waals surface area contributed by atoms with E-state index in [9.17, 15) is 0 Å². The molecule has 0 aromatic carbocycles. The van der Waals surface area contributed by atoms with Crippen LogP contribution in [0.4, 0.5) is 0 Å². The van der Waals surface area contributed by atoms with Crippen LogP contribution in [0.2, 0.25) is 0 Å². The average Bonchev–Trinajstić information content (AvgIpc) is 2.30. The van der Waals surface area contributed by atoms with E-state index >= 15 is 0 Å². The lowest BCUT2D eigenvalue weighted by Crippen LogP contribution is -2.04. The Hall–Kier alpha value is -1.91. The van der Waals surface area contributed by atoms with Gasteiger partial charge in [0.05, 0.1) is 0 Å². The highest BCUT2D eigenvalue weighted by Gasteiger charge is 1.93. The molecule has 2 N–H and O–H groups in total. The standard InChI is InChI=1S/C5H5N.C4H8N2O2/c1-2-4-6-5-3-1;1-3(5-7)4(2)6-8/h1-5H;7-8H,1-2H3/b;5-3-,6-4-. The van der Waals surface area contributed by atoms with Crippen LogP contribution in [0, 0.1) is 0 Å². The van der Waals surface area contributed by atoms with Crippen LogP contribution in [0.15, 0.2) is 40.9 Å². The number of oxime groups is 2. The summed E-state index contributed by atoms with van der Waals surface area (Å²) in [4.78, 5) is 3.78. The zero-order chi connectivity index (χ0) is 10.8. The minimum atomic E-state index is 0.313. The van der Waals surface area contributed by atoms with Gasteiger partial charge in [-0.05, 0) is 26.0 Å². The lowest BCUT2D eigenvalue weighted by atomic mass is 10.3. The maximum absolute atomic E-state index is 8.03. The predicted molar refractivity (Wildman–Crippen MR) is 54.0 cm³/mol. The Morgan fingerprint density at radius 2 is 1.36 bits per heavy atom. The summed E-state index contributed by atoms with van der Waals surface area (Å²) in [5.74, 6) is 0. The minimum Gasteiger partial charge on any atom is -0.411 e. The highest BCUT2D eigenvalue weighted by atomic mass is 16.4. The van der Waals surface area contributed by atoms with Gasteiger partial charge in [-0.15, -0.1) is 0 Å². The fraction of sp³-hybridized carbons (Fsp3) is 0.222. The molecule has 0 aliphatic heterocycles. The first kappa shape index (κ1) is 12.1. The molecule has 0 atom stereocenters. The molecule has 0 aliphatic rings. The molecule has 5 heteroatoms. The normalized spacial score (nSPS) is 11.6. The lowest BCUT2D eigenvalue weighted by molar-refractivity contribution is 0.313. The molecule has 1 rings (SSSR count). The molecule has 0 fully saturated rings. The lowest BCUT2D eigenvalue weighted by Gasteiger charge is -1.88. The summed E-state index contributed by atoms with van der Waals surface area (Å²) in [5.41, 5.74) is 0.625. The Kier molecular flexibility index (Phi) is 6.67. The van der Waals surface area contributed by atoms with Gasteiger partial charge in [-0.3, -0.25) is 4.98 Å². The van der Waals surface area contributed by atoms with Crippen molar-refractivity contribution in [3.05, 3.63) is 30.6 Å². The van der Waals surface area contributed by atoms with E-state index in [4.69, 9.17) is 10.4 Å². The molecule has 5 nitrogen and oxygen atoms in total. The summed E-state index contributed by atoms with van der Waals surface area (Å²) in [6, 6.07) is 5.72. The van der Waals surface area contributed by atoms with Crippen LogP contribution in [-0.4, -0.2) is 26.8 Å². The van der Waals surface area contributed by atoms with Crippen molar-refractivity contribution < 1.29 is 10.4 Å². The molecule has 0 saturated carbocycles. The van der Waals surface area contributed by atoms with Crippen LogP contribution in [0.1, 0.15) is 13.8 Å². The number of hydrogen-bond donors (Lipinski definition) is 2. The van der Waals surface area contributed by atoms with Crippen molar-refractivity contribution in [3.8, 4) is 0 Å². The summed E-state index contributed by atoms with van der Waals surface area (Å²) in [7, 11) is 0. The topological polar surface area (TPSA) is 78.1 Å². The Morgan fingerprint density at radius 3 is 1.50 bits per heavy atom. The predicted octanol–water partition coefficient (Wildman–Crippen LogP) is 1.77. The van der Waals surface area contributed by atoms with Gasteiger partial charge in [-0.1, -0.05) is 16.4 Å². The first-order chi connectivity index (χ1) is 6.72. The molecular formula is C9H13N3O2. The van der Waals surface area contributed by atoms with Crippen molar-refractivity contribution in [3.63, 3.8) is 0 Å². The molecule has 1 aromatic heterocycles. The Balaban J connectivity index is 0.000000249. The van der Waals surface area contributed by atoms with E-state index in [0.717, 1.165) is 0 Å². The summed E-state index contributed by atoms with van der Waals surface area (Å²) in [6.07, 6.45) is 3.50. The molecule has 1 aromatic rings. The second kappa shape index (κ2) is 7.72. The smallest absolute Gasteiger partial charge is 0.101 e. The van der Waals surface area contributed by atoms with E-state index in [2.05, 4.69) is 15.3 Å². The highest BCUT2D eigenvalue weighted by molar-refractivity contribution is 6.40. The van der Waals surface area contributed by atoms with Gasteiger partial charge in [-0.2, -0.15) is 0 Å². The van der Waals surface area contributed by atoms with Crippen LogP contribution in [0.5, 0.6) is 0 Å². The van der Waals surface area contributed by atoms with Crippen molar-refractivity contribution in [2.75, 3.05) is 0 Å². The van der Waals surface area contributed by atoms with Crippen LogP contribution < -0.4 is 0 Å². The maximum Gasteiger partial charge on any atom is 0.101 e. The fourth-order valence-electron chi connectivity index (χ4n) is 0.457. The monoisotopic (exact) mass is 195 g/mol. The SMILES string of the molecule is CC(=N/O)/C(C)=N\O.c1ccncc1. The third-order valence-corrected chi connectivity index (χ3v) is 1.39. The Morgan fingerprint density at radius 1 is 0.929 bits per heavy atom. The van der Waals surface area contributed by atoms with Gasteiger partial charge in [0, 0.05) is 12.4 Å². The van der Waals surface area contributed by atoms with E-state index in [1.165, 1.54) is 13.8 Å². The number of pyridine rings is 1. The van der Waals surface area contributed by atoms with E-state index in [1.807, 2.05) is 18.2 Å². The number of nitrogens with zero attached hydrogens (tertiary/aromatic N) is 3. The quantitative estimate of drug-likeness (QED) is 0.407. The third-order valence-electron chi connectivity index (χ3n) is 1.39. The Bertz CT molecular complexity index is 253. The molecule has 0 bridgehead atoms. The van der Waals surface area contributed by atoms with Crippen LogP contribution >= 0.6 is 0 Å². The van der Waals surface area contributed by atoms with Gasteiger partial charge >= 0.3 is 0 Å². The van der Waals surface area contributed by atoms with Gasteiger partial charge in [-0.25, -0.2) is 0 Å². The van der Waals surface area contributed by atoms with Crippen LogP contribution in [-0.2, 0) is 0 Å². The van der Waals surface area contributed by atoms with E-state index in [1.54, 1.807) is 12.4 Å². The van der Waals surface area contributed by atoms with Gasteiger partial charge < -0.3 is 10.4 Å². The summed E-state index contributed by atoms with van der Waals surface area (Å²) in [6.45, 7) is 3.07. The van der Waals surface area contributed by atoms with Crippen LogP contribution in [0.3, 0.4) is 0 Å². The summed E-state index contributed by atoms with van der Waals surface area (Å²) < 4.78 is 0. The van der Waals surface area contributed by atoms with Gasteiger partial charge in [0.25, 0.3) is 0 Å². The van der Waals surface area contributed by atoms with Crippen molar-refractivity contribution in [2.24, 2.45) is 10.3 Å². The largest absolute Gasteiger partial charge is 0.411 e. The first-order valence-electron chi connectivity index (χ1n) is 3.95. The molecule has 14 heavy (non-hydrogen) atoms. The molecule has 0 radical (unpaired) electrons. The Labute approximate surface area is 82.4 Å². The maximum atomic E-state index is 8.03. The van der Waals surface area contributed by atoms with E-state index in [-0.39, 0.29) is 0 Å². The number of hydrogen-bond acceptors (Lipinski definition) is 5. The molecule has 1 heterocycles. The highest BCUT2D eigenvalue weighted by Crippen LogP contribution is 1.79. The number of rotatable bonds is 1. The first-order valence-corrected chi connectivity index (χ1v) is 3.95. The van der Waals surface area contributed by atoms with E-state index in [0.29, 0.717) is 11.4 Å². The molecule has 0 unspecified atom stereocenters. The average molecular weight is 195 g/mol. The second-order valence-corrected chi connectivity index (χ2v) is 2.40.